The summed E-state index contributed by atoms with van der Waals surface area (Å²) < 4.78 is 1.19. The lowest BCUT2D eigenvalue weighted by atomic mass is 10.2. The molecule has 18 heavy (non-hydrogen) atoms. The van der Waals surface area contributed by atoms with Crippen molar-refractivity contribution in [3.8, 4) is 0 Å². The molecular formula is C13H16ClN3S. The number of fused-ring (bicyclic) bond motifs is 1. The van der Waals surface area contributed by atoms with Gasteiger partial charge in [0.05, 0.1) is 10.2 Å². The highest BCUT2D eigenvalue weighted by molar-refractivity contribution is 7.22. The molecule has 1 aromatic heterocycles. The van der Waals surface area contributed by atoms with Gasteiger partial charge in [0.15, 0.2) is 5.13 Å². The first kappa shape index (κ1) is 12.2. The van der Waals surface area contributed by atoms with Gasteiger partial charge in [0.2, 0.25) is 0 Å². The third-order valence-electron chi connectivity index (χ3n) is 3.41. The Kier molecular flexibility index (Phi) is 3.18. The van der Waals surface area contributed by atoms with Gasteiger partial charge in [-0.2, -0.15) is 0 Å². The van der Waals surface area contributed by atoms with Crippen LogP contribution >= 0.6 is 22.9 Å². The average molecular weight is 282 g/mol. The Morgan fingerprint density at radius 2 is 1.94 bits per heavy atom. The Bertz CT molecular complexity index is 573. The van der Waals surface area contributed by atoms with E-state index in [2.05, 4.69) is 23.8 Å². The number of nitrogens with zero attached hydrogens (tertiary/aromatic N) is 3. The van der Waals surface area contributed by atoms with E-state index < -0.39 is 0 Å². The minimum absolute atomic E-state index is 0.800. The van der Waals surface area contributed by atoms with E-state index in [1.807, 2.05) is 12.1 Å². The van der Waals surface area contributed by atoms with Crippen LogP contribution in [-0.2, 0) is 0 Å². The van der Waals surface area contributed by atoms with E-state index in [-0.39, 0.29) is 0 Å². The summed E-state index contributed by atoms with van der Waals surface area (Å²) in [6.07, 6.45) is 0. The van der Waals surface area contributed by atoms with Crippen molar-refractivity contribution in [3.05, 3.63) is 22.7 Å². The molecule has 0 bridgehead atoms. The van der Waals surface area contributed by atoms with E-state index in [9.17, 15) is 0 Å². The van der Waals surface area contributed by atoms with Gasteiger partial charge in [-0.25, -0.2) is 4.98 Å². The maximum absolute atomic E-state index is 6.10. The lowest BCUT2D eigenvalue weighted by molar-refractivity contribution is 0.313. The quantitative estimate of drug-likeness (QED) is 0.801. The fraction of sp³-hybridized carbons (Fsp3) is 0.462. The molecule has 3 rings (SSSR count). The van der Waals surface area contributed by atoms with Gasteiger partial charge in [0.25, 0.3) is 0 Å². The molecule has 1 aliphatic rings. The van der Waals surface area contributed by atoms with Crippen molar-refractivity contribution in [1.29, 1.82) is 0 Å². The van der Waals surface area contributed by atoms with E-state index in [0.29, 0.717) is 0 Å². The molecule has 1 fully saturated rings. The van der Waals surface area contributed by atoms with Gasteiger partial charge >= 0.3 is 0 Å². The maximum atomic E-state index is 6.10. The number of hydrogen-bond acceptors (Lipinski definition) is 4. The smallest absolute Gasteiger partial charge is 0.186 e. The van der Waals surface area contributed by atoms with E-state index >= 15 is 0 Å². The number of piperazine rings is 1. The second-order valence-electron chi connectivity index (χ2n) is 4.86. The molecule has 0 atom stereocenters. The minimum atomic E-state index is 0.800. The van der Waals surface area contributed by atoms with Gasteiger partial charge < -0.3 is 9.80 Å². The van der Waals surface area contributed by atoms with Gasteiger partial charge in [0.1, 0.15) is 0 Å². The van der Waals surface area contributed by atoms with Crippen LogP contribution in [0, 0.1) is 6.92 Å². The van der Waals surface area contributed by atoms with Crippen molar-refractivity contribution in [2.75, 3.05) is 38.1 Å². The van der Waals surface area contributed by atoms with Crippen molar-refractivity contribution in [1.82, 2.24) is 9.88 Å². The number of aryl methyl sites for hydroxylation is 1. The highest BCUT2D eigenvalue weighted by atomic mass is 35.5. The Hall–Kier alpha value is -0.840. The van der Waals surface area contributed by atoms with Gasteiger partial charge in [0, 0.05) is 31.2 Å². The molecule has 0 saturated carbocycles. The van der Waals surface area contributed by atoms with Crippen molar-refractivity contribution in [3.63, 3.8) is 0 Å². The molecule has 0 N–H and O–H groups in total. The zero-order valence-electron chi connectivity index (χ0n) is 10.6. The summed E-state index contributed by atoms with van der Waals surface area (Å²) in [5.41, 5.74) is 2.26. The summed E-state index contributed by atoms with van der Waals surface area (Å²) in [6, 6.07) is 4.00. The molecule has 5 heteroatoms. The van der Waals surface area contributed by atoms with Crippen LogP contribution < -0.4 is 4.90 Å². The monoisotopic (exact) mass is 281 g/mol. The first-order valence-electron chi connectivity index (χ1n) is 6.13. The molecule has 0 aliphatic carbocycles. The van der Waals surface area contributed by atoms with E-state index in [4.69, 9.17) is 16.6 Å². The van der Waals surface area contributed by atoms with Crippen LogP contribution in [0.5, 0.6) is 0 Å². The largest absolute Gasteiger partial charge is 0.345 e. The summed E-state index contributed by atoms with van der Waals surface area (Å²) >= 11 is 7.84. The molecule has 2 heterocycles. The molecule has 1 aliphatic heterocycles. The SMILES string of the molecule is Cc1cc(Cl)cc2sc(N3CCN(C)CC3)nc12. The number of thiazole rings is 1. The second-order valence-corrected chi connectivity index (χ2v) is 6.30. The second kappa shape index (κ2) is 4.68. The van der Waals surface area contributed by atoms with E-state index in [0.717, 1.165) is 47.4 Å². The summed E-state index contributed by atoms with van der Waals surface area (Å²) in [7, 11) is 2.17. The van der Waals surface area contributed by atoms with Crippen LogP contribution in [-0.4, -0.2) is 43.1 Å². The van der Waals surface area contributed by atoms with Gasteiger partial charge in [-0.15, -0.1) is 0 Å². The third-order valence-corrected chi connectivity index (χ3v) is 4.69. The number of hydrogen-bond donors (Lipinski definition) is 0. The Labute approximate surface area is 116 Å². The molecule has 0 amide bonds. The lowest BCUT2D eigenvalue weighted by Gasteiger charge is -2.32. The van der Waals surface area contributed by atoms with Gasteiger partial charge in [-0.1, -0.05) is 22.9 Å². The van der Waals surface area contributed by atoms with E-state index in [1.165, 1.54) is 4.70 Å². The maximum Gasteiger partial charge on any atom is 0.186 e. The van der Waals surface area contributed by atoms with Crippen LogP contribution in [0.4, 0.5) is 5.13 Å². The Balaban J connectivity index is 1.96. The highest BCUT2D eigenvalue weighted by Crippen LogP contribution is 2.33. The third kappa shape index (κ3) is 2.20. The molecule has 0 unspecified atom stereocenters. The highest BCUT2D eigenvalue weighted by Gasteiger charge is 2.18. The van der Waals surface area contributed by atoms with Crippen molar-refractivity contribution in [2.45, 2.75) is 6.92 Å². The molecule has 0 spiro atoms. The number of benzene rings is 1. The van der Waals surface area contributed by atoms with Crippen molar-refractivity contribution >= 4 is 38.3 Å². The summed E-state index contributed by atoms with van der Waals surface area (Å²) in [5.74, 6) is 0. The zero-order chi connectivity index (χ0) is 12.7. The Morgan fingerprint density at radius 3 is 2.67 bits per heavy atom. The van der Waals surface area contributed by atoms with Crippen LogP contribution in [0.25, 0.3) is 10.2 Å². The fourth-order valence-electron chi connectivity index (χ4n) is 2.28. The van der Waals surface area contributed by atoms with Gasteiger partial charge in [-0.05, 0) is 31.7 Å². The van der Waals surface area contributed by atoms with Crippen LogP contribution in [0.3, 0.4) is 0 Å². The number of likely N-dealkylation sites (N-methyl/N-ethyl adjacent to an activating group) is 1. The summed E-state index contributed by atoms with van der Waals surface area (Å²) in [5, 5.41) is 1.93. The topological polar surface area (TPSA) is 19.4 Å². The summed E-state index contributed by atoms with van der Waals surface area (Å²) in [4.78, 5) is 9.50. The van der Waals surface area contributed by atoms with Crippen LogP contribution in [0.2, 0.25) is 5.02 Å². The summed E-state index contributed by atoms with van der Waals surface area (Å²) in [6.45, 7) is 6.40. The molecule has 2 aromatic rings. The lowest BCUT2D eigenvalue weighted by Crippen LogP contribution is -2.44. The Morgan fingerprint density at radius 1 is 1.22 bits per heavy atom. The first-order valence-corrected chi connectivity index (χ1v) is 7.33. The predicted octanol–water partition coefficient (Wildman–Crippen LogP) is 3.01. The fourth-order valence-corrected chi connectivity index (χ4v) is 3.75. The molecular weight excluding hydrogens is 266 g/mol. The normalized spacial score (nSPS) is 17.6. The molecule has 96 valence electrons. The number of rotatable bonds is 1. The van der Waals surface area contributed by atoms with Gasteiger partial charge in [-0.3, -0.25) is 0 Å². The predicted molar refractivity (Wildman–Crippen MR) is 79.1 cm³/mol. The van der Waals surface area contributed by atoms with Crippen molar-refractivity contribution in [2.24, 2.45) is 0 Å². The number of halogens is 1. The standard InChI is InChI=1S/C13H16ClN3S/c1-9-7-10(14)8-11-12(9)15-13(18-11)17-5-3-16(2)4-6-17/h7-8H,3-6H2,1-2H3. The molecule has 3 nitrogen and oxygen atoms in total. The minimum Gasteiger partial charge on any atom is -0.345 e. The van der Waals surface area contributed by atoms with Crippen molar-refractivity contribution < 1.29 is 0 Å². The first-order chi connectivity index (χ1) is 8.63. The van der Waals surface area contributed by atoms with Crippen LogP contribution in [0.15, 0.2) is 12.1 Å². The molecule has 1 aromatic carbocycles. The zero-order valence-corrected chi connectivity index (χ0v) is 12.2. The number of anilines is 1. The molecule has 0 radical (unpaired) electrons. The molecule has 1 saturated heterocycles. The van der Waals surface area contributed by atoms with E-state index in [1.54, 1.807) is 11.3 Å². The van der Waals surface area contributed by atoms with Crippen LogP contribution in [0.1, 0.15) is 5.56 Å². The number of aromatic nitrogens is 1. The average Bonchev–Trinajstić information content (AvgIpc) is 2.74.